The lowest BCUT2D eigenvalue weighted by atomic mass is 10.1. The van der Waals surface area contributed by atoms with Crippen molar-refractivity contribution in [2.75, 3.05) is 5.73 Å². The number of aryl methyl sites for hydroxylation is 1. The van der Waals surface area contributed by atoms with Crippen LogP contribution in [0.5, 0.6) is 0 Å². The molecule has 0 aliphatic carbocycles. The zero-order valence-electron chi connectivity index (χ0n) is 6.55. The Morgan fingerprint density at radius 3 is 3.00 bits per heavy atom. The van der Waals surface area contributed by atoms with Gasteiger partial charge in [-0.15, -0.1) is 0 Å². The van der Waals surface area contributed by atoms with E-state index in [1.807, 2.05) is 6.92 Å². The van der Waals surface area contributed by atoms with E-state index in [1.165, 1.54) is 6.20 Å². The Morgan fingerprint density at radius 2 is 2.36 bits per heavy atom. The molecule has 0 bridgehead atoms. The van der Waals surface area contributed by atoms with Crippen molar-refractivity contribution in [1.82, 2.24) is 4.98 Å². The van der Waals surface area contributed by atoms with Gasteiger partial charge < -0.3 is 10.7 Å². The Bertz CT molecular complexity index is 290. The van der Waals surface area contributed by atoms with Crippen LogP contribution in [0.15, 0.2) is 17.1 Å². The maximum atomic E-state index is 11.1. The Morgan fingerprint density at radius 1 is 1.64 bits per heavy atom. The summed E-state index contributed by atoms with van der Waals surface area (Å²) in [5.41, 5.74) is 6.85. The lowest BCUT2D eigenvalue weighted by molar-refractivity contribution is 0.901. The normalized spacial score (nSPS) is 9.91. The molecule has 0 saturated heterocycles. The van der Waals surface area contributed by atoms with Gasteiger partial charge in [-0.2, -0.15) is 0 Å². The summed E-state index contributed by atoms with van der Waals surface area (Å²) < 4.78 is 0. The summed E-state index contributed by atoms with van der Waals surface area (Å²) in [4.78, 5) is 13.6. The minimum atomic E-state index is -0.0268. The Hall–Kier alpha value is -1.25. The van der Waals surface area contributed by atoms with E-state index in [4.69, 9.17) is 5.73 Å². The van der Waals surface area contributed by atoms with Crippen LogP contribution >= 0.6 is 0 Å². The largest absolute Gasteiger partial charge is 0.398 e. The standard InChI is InChI=1S/C8H12N2O/c1-2-3-6-4-7(9)5-10-8(6)11/h4-5H,2-3,9H2,1H3,(H,10,11). The Labute approximate surface area is 65.2 Å². The molecule has 0 spiro atoms. The molecule has 3 N–H and O–H groups in total. The van der Waals surface area contributed by atoms with E-state index in [2.05, 4.69) is 4.98 Å². The molecule has 0 aliphatic heterocycles. The van der Waals surface area contributed by atoms with E-state index in [0.717, 1.165) is 18.4 Å². The summed E-state index contributed by atoms with van der Waals surface area (Å²) in [6, 6.07) is 1.72. The fraction of sp³-hybridized carbons (Fsp3) is 0.375. The summed E-state index contributed by atoms with van der Waals surface area (Å²) in [6.07, 6.45) is 3.27. The molecule has 3 nitrogen and oxygen atoms in total. The van der Waals surface area contributed by atoms with Crippen molar-refractivity contribution in [3.8, 4) is 0 Å². The maximum Gasteiger partial charge on any atom is 0.251 e. The van der Waals surface area contributed by atoms with E-state index in [-0.39, 0.29) is 5.56 Å². The van der Waals surface area contributed by atoms with Gasteiger partial charge in [0.15, 0.2) is 0 Å². The molecule has 3 heteroatoms. The van der Waals surface area contributed by atoms with Gasteiger partial charge in [0.25, 0.3) is 5.56 Å². The molecule has 1 aromatic heterocycles. The van der Waals surface area contributed by atoms with Gasteiger partial charge in [0.2, 0.25) is 0 Å². The maximum absolute atomic E-state index is 11.1. The smallest absolute Gasteiger partial charge is 0.251 e. The van der Waals surface area contributed by atoms with Gasteiger partial charge in [0.1, 0.15) is 0 Å². The highest BCUT2D eigenvalue weighted by molar-refractivity contribution is 5.36. The van der Waals surface area contributed by atoms with E-state index >= 15 is 0 Å². The second kappa shape index (κ2) is 3.23. The van der Waals surface area contributed by atoms with Gasteiger partial charge in [0.05, 0.1) is 0 Å². The summed E-state index contributed by atoms with van der Waals surface area (Å²) in [5, 5.41) is 0. The summed E-state index contributed by atoms with van der Waals surface area (Å²) in [5.74, 6) is 0. The van der Waals surface area contributed by atoms with Gasteiger partial charge >= 0.3 is 0 Å². The number of hydrogen-bond donors (Lipinski definition) is 2. The quantitative estimate of drug-likeness (QED) is 0.661. The van der Waals surface area contributed by atoms with Crippen LogP contribution in [0.2, 0.25) is 0 Å². The molecule has 0 atom stereocenters. The Balaban J connectivity index is 3.03. The van der Waals surface area contributed by atoms with Crippen molar-refractivity contribution in [2.24, 2.45) is 0 Å². The first kappa shape index (κ1) is 7.85. The van der Waals surface area contributed by atoms with Crippen LogP contribution in [0.1, 0.15) is 18.9 Å². The van der Waals surface area contributed by atoms with Gasteiger partial charge in [-0.3, -0.25) is 4.79 Å². The number of nitrogens with one attached hydrogen (secondary N) is 1. The average molecular weight is 152 g/mol. The molecule has 1 aromatic rings. The Kier molecular flexibility index (Phi) is 2.31. The molecular formula is C8H12N2O. The predicted molar refractivity (Wildman–Crippen MR) is 45.5 cm³/mol. The predicted octanol–water partition coefficient (Wildman–Crippen LogP) is 0.910. The van der Waals surface area contributed by atoms with E-state index in [1.54, 1.807) is 6.07 Å². The van der Waals surface area contributed by atoms with Crippen molar-refractivity contribution >= 4 is 5.69 Å². The molecule has 0 saturated carbocycles. The van der Waals surface area contributed by atoms with Crippen LogP contribution in [0.25, 0.3) is 0 Å². The lowest BCUT2D eigenvalue weighted by Gasteiger charge is -1.97. The summed E-state index contributed by atoms with van der Waals surface area (Å²) >= 11 is 0. The zero-order chi connectivity index (χ0) is 8.27. The van der Waals surface area contributed by atoms with Gasteiger partial charge in [-0.1, -0.05) is 13.3 Å². The number of hydrogen-bond acceptors (Lipinski definition) is 2. The minimum Gasteiger partial charge on any atom is -0.398 e. The SMILES string of the molecule is CCCc1cc(N)c[nH]c1=O. The molecule has 0 aliphatic rings. The lowest BCUT2D eigenvalue weighted by Crippen LogP contribution is -2.12. The van der Waals surface area contributed by atoms with Crippen LogP contribution in [0, 0.1) is 0 Å². The van der Waals surface area contributed by atoms with Crippen LogP contribution in [-0.2, 0) is 6.42 Å². The number of pyridine rings is 1. The monoisotopic (exact) mass is 152 g/mol. The number of aromatic amines is 1. The van der Waals surface area contributed by atoms with Crippen LogP contribution < -0.4 is 11.3 Å². The van der Waals surface area contributed by atoms with Crippen LogP contribution in [-0.4, -0.2) is 4.98 Å². The van der Waals surface area contributed by atoms with Gasteiger partial charge in [-0.05, 0) is 12.5 Å². The summed E-state index contributed by atoms with van der Waals surface area (Å²) in [6.45, 7) is 2.03. The van der Waals surface area contributed by atoms with E-state index in [0.29, 0.717) is 5.69 Å². The molecule has 1 heterocycles. The molecule has 60 valence electrons. The topological polar surface area (TPSA) is 58.9 Å². The number of rotatable bonds is 2. The van der Waals surface area contributed by atoms with Crippen molar-refractivity contribution in [3.05, 3.63) is 28.2 Å². The van der Waals surface area contributed by atoms with Crippen molar-refractivity contribution in [1.29, 1.82) is 0 Å². The average Bonchev–Trinajstić information content (AvgIpc) is 1.98. The molecule has 0 amide bonds. The molecule has 1 rings (SSSR count). The van der Waals surface area contributed by atoms with Gasteiger partial charge in [0, 0.05) is 17.4 Å². The first-order valence-electron chi connectivity index (χ1n) is 3.71. The number of anilines is 1. The third-order valence-corrected chi connectivity index (χ3v) is 1.52. The fourth-order valence-electron chi connectivity index (χ4n) is 1.01. The van der Waals surface area contributed by atoms with Crippen molar-refractivity contribution in [2.45, 2.75) is 19.8 Å². The van der Waals surface area contributed by atoms with E-state index in [9.17, 15) is 4.79 Å². The third kappa shape index (κ3) is 1.83. The van der Waals surface area contributed by atoms with Gasteiger partial charge in [-0.25, -0.2) is 0 Å². The highest BCUT2D eigenvalue weighted by Gasteiger charge is 1.97. The molecule has 0 radical (unpaired) electrons. The zero-order valence-corrected chi connectivity index (χ0v) is 6.55. The number of nitrogens with two attached hydrogens (primary N) is 1. The van der Waals surface area contributed by atoms with Crippen molar-refractivity contribution in [3.63, 3.8) is 0 Å². The van der Waals surface area contributed by atoms with E-state index < -0.39 is 0 Å². The molecule has 0 fully saturated rings. The number of aromatic nitrogens is 1. The highest BCUT2D eigenvalue weighted by Crippen LogP contribution is 2.01. The minimum absolute atomic E-state index is 0.0268. The van der Waals surface area contributed by atoms with Crippen LogP contribution in [0.3, 0.4) is 0 Å². The fourth-order valence-corrected chi connectivity index (χ4v) is 1.01. The second-order valence-corrected chi connectivity index (χ2v) is 2.54. The highest BCUT2D eigenvalue weighted by atomic mass is 16.1. The summed E-state index contributed by atoms with van der Waals surface area (Å²) in [7, 11) is 0. The molecular weight excluding hydrogens is 140 g/mol. The molecule has 11 heavy (non-hydrogen) atoms. The first-order valence-corrected chi connectivity index (χ1v) is 3.71. The third-order valence-electron chi connectivity index (χ3n) is 1.52. The van der Waals surface area contributed by atoms with Crippen LogP contribution in [0.4, 0.5) is 5.69 Å². The molecule has 0 unspecified atom stereocenters. The van der Waals surface area contributed by atoms with Crippen molar-refractivity contribution < 1.29 is 0 Å². The molecule has 0 aromatic carbocycles. The second-order valence-electron chi connectivity index (χ2n) is 2.54. The number of nitrogen functional groups attached to an aromatic ring is 1. The first-order chi connectivity index (χ1) is 5.24. The number of H-pyrrole nitrogens is 1.